The predicted octanol–water partition coefficient (Wildman–Crippen LogP) is 4.02. The Balaban J connectivity index is 1.97. The van der Waals surface area contributed by atoms with Crippen LogP contribution in [0.1, 0.15) is 44.4 Å². The second-order valence-electron chi connectivity index (χ2n) is 7.85. The summed E-state index contributed by atoms with van der Waals surface area (Å²) in [4.78, 5) is 28.1. The lowest BCUT2D eigenvalue weighted by molar-refractivity contribution is -0.134. The summed E-state index contributed by atoms with van der Waals surface area (Å²) >= 11 is 0. The first-order valence-electron chi connectivity index (χ1n) is 9.59. The van der Waals surface area contributed by atoms with Gasteiger partial charge in [0, 0.05) is 25.1 Å². The highest BCUT2D eigenvalue weighted by molar-refractivity contribution is 5.91. The number of carbonyl (C=O) groups is 2. The molecule has 0 unspecified atom stereocenters. The van der Waals surface area contributed by atoms with Crippen LogP contribution in [0.25, 0.3) is 0 Å². The summed E-state index contributed by atoms with van der Waals surface area (Å²) in [5, 5.41) is 0. The molecular formula is C23H28N2O3. The van der Waals surface area contributed by atoms with Crippen molar-refractivity contribution in [2.24, 2.45) is 0 Å². The van der Waals surface area contributed by atoms with Crippen LogP contribution in [-0.4, -0.2) is 29.9 Å². The number of amides is 2. The number of nitrogens with zero attached hydrogens (tertiary/aromatic N) is 2. The van der Waals surface area contributed by atoms with E-state index in [4.69, 9.17) is 4.74 Å². The van der Waals surface area contributed by atoms with Gasteiger partial charge in [-0.1, -0.05) is 23.8 Å². The van der Waals surface area contributed by atoms with Gasteiger partial charge < -0.3 is 14.5 Å². The third-order valence-corrected chi connectivity index (χ3v) is 5.40. The Hall–Kier alpha value is -2.82. The maximum absolute atomic E-state index is 12.3. The molecule has 2 amide bonds. The molecule has 0 aromatic heterocycles. The zero-order valence-electron chi connectivity index (χ0n) is 17.3. The fourth-order valence-electron chi connectivity index (χ4n) is 3.79. The fourth-order valence-corrected chi connectivity index (χ4v) is 3.79. The summed E-state index contributed by atoms with van der Waals surface area (Å²) in [5.41, 5.74) is 3.50. The monoisotopic (exact) mass is 380 g/mol. The lowest BCUT2D eigenvalue weighted by Crippen LogP contribution is -2.45. The largest absolute Gasteiger partial charge is 0.491 e. The minimum absolute atomic E-state index is 0.0142. The van der Waals surface area contributed by atoms with E-state index < -0.39 is 5.54 Å². The van der Waals surface area contributed by atoms with E-state index in [0.717, 1.165) is 28.1 Å². The average molecular weight is 380 g/mol. The van der Waals surface area contributed by atoms with Crippen molar-refractivity contribution in [3.8, 4) is 5.75 Å². The van der Waals surface area contributed by atoms with Gasteiger partial charge in [-0.3, -0.25) is 9.59 Å². The molecule has 0 saturated heterocycles. The second-order valence-corrected chi connectivity index (χ2v) is 7.85. The first-order chi connectivity index (χ1) is 13.2. The number of carbonyl (C=O) groups excluding carboxylic acids is 2. The van der Waals surface area contributed by atoms with Crippen molar-refractivity contribution in [2.75, 3.05) is 18.1 Å². The van der Waals surface area contributed by atoms with Crippen molar-refractivity contribution < 1.29 is 14.3 Å². The summed E-state index contributed by atoms with van der Waals surface area (Å²) in [6.07, 6.45) is 0. The normalized spacial score (nSPS) is 15.2. The number of fused-ring (bicyclic) bond motifs is 1. The quantitative estimate of drug-likeness (QED) is 0.808. The molecular weight excluding hydrogens is 352 g/mol. The van der Waals surface area contributed by atoms with Crippen LogP contribution in [0.15, 0.2) is 42.5 Å². The zero-order valence-corrected chi connectivity index (χ0v) is 17.3. The highest BCUT2D eigenvalue weighted by Crippen LogP contribution is 2.37. The molecule has 0 fully saturated rings. The van der Waals surface area contributed by atoms with E-state index in [1.165, 1.54) is 0 Å². The molecule has 0 aliphatic carbocycles. The van der Waals surface area contributed by atoms with Crippen LogP contribution >= 0.6 is 0 Å². The van der Waals surface area contributed by atoms with Crippen molar-refractivity contribution in [2.45, 2.75) is 46.7 Å². The standard InChI is InChI=1S/C23H28N2O3/c1-16-6-9-20(10-7-16)24(17(2)26)15-19-8-11-22-21(14-19)23(4,5)25(18(3)27)12-13-28-22/h6-11,14H,12-13,15H2,1-5H3. The van der Waals surface area contributed by atoms with Crippen LogP contribution in [0.3, 0.4) is 0 Å². The highest BCUT2D eigenvalue weighted by Gasteiger charge is 2.35. The van der Waals surface area contributed by atoms with Gasteiger partial charge >= 0.3 is 0 Å². The first-order valence-corrected chi connectivity index (χ1v) is 9.59. The van der Waals surface area contributed by atoms with Crippen LogP contribution < -0.4 is 9.64 Å². The molecule has 2 aromatic rings. The minimum atomic E-state index is -0.488. The number of ether oxygens (including phenoxy) is 1. The van der Waals surface area contributed by atoms with Gasteiger partial charge in [0.05, 0.1) is 18.6 Å². The van der Waals surface area contributed by atoms with Gasteiger partial charge in [0.2, 0.25) is 11.8 Å². The molecule has 0 bridgehead atoms. The van der Waals surface area contributed by atoms with E-state index >= 15 is 0 Å². The lowest BCUT2D eigenvalue weighted by atomic mass is 9.90. The molecule has 0 radical (unpaired) electrons. The number of hydrogen-bond donors (Lipinski definition) is 0. The van der Waals surface area contributed by atoms with Gasteiger partial charge in [-0.15, -0.1) is 0 Å². The summed E-state index contributed by atoms with van der Waals surface area (Å²) in [6.45, 7) is 10.7. The molecule has 148 valence electrons. The van der Waals surface area contributed by atoms with Crippen molar-refractivity contribution in [1.82, 2.24) is 4.90 Å². The molecule has 28 heavy (non-hydrogen) atoms. The minimum Gasteiger partial charge on any atom is -0.491 e. The van der Waals surface area contributed by atoms with Gasteiger partial charge in [-0.05, 0) is 50.6 Å². The predicted molar refractivity (Wildman–Crippen MR) is 110 cm³/mol. The average Bonchev–Trinajstić information content (AvgIpc) is 2.76. The Kier molecular flexibility index (Phi) is 5.45. The van der Waals surface area contributed by atoms with Gasteiger partial charge in [0.25, 0.3) is 0 Å². The third-order valence-electron chi connectivity index (χ3n) is 5.40. The molecule has 0 atom stereocenters. The summed E-state index contributed by atoms with van der Waals surface area (Å²) in [7, 11) is 0. The number of rotatable bonds is 3. The number of anilines is 1. The molecule has 5 nitrogen and oxygen atoms in total. The number of benzene rings is 2. The van der Waals surface area contributed by atoms with E-state index in [-0.39, 0.29) is 11.8 Å². The van der Waals surface area contributed by atoms with Crippen LogP contribution in [-0.2, 0) is 21.7 Å². The Morgan fingerprint density at radius 1 is 1.11 bits per heavy atom. The van der Waals surface area contributed by atoms with E-state index in [2.05, 4.69) is 6.07 Å². The number of hydrogen-bond acceptors (Lipinski definition) is 3. The van der Waals surface area contributed by atoms with Gasteiger partial charge in [0.1, 0.15) is 12.4 Å². The Morgan fingerprint density at radius 2 is 1.79 bits per heavy atom. The van der Waals surface area contributed by atoms with Gasteiger partial charge in [-0.2, -0.15) is 0 Å². The Labute approximate surface area is 166 Å². The molecule has 2 aromatic carbocycles. The van der Waals surface area contributed by atoms with Crippen molar-refractivity contribution >= 4 is 17.5 Å². The van der Waals surface area contributed by atoms with E-state index in [1.54, 1.807) is 18.7 Å². The molecule has 0 N–H and O–H groups in total. The lowest BCUT2D eigenvalue weighted by Gasteiger charge is -2.37. The van der Waals surface area contributed by atoms with Crippen LogP contribution in [0, 0.1) is 6.92 Å². The van der Waals surface area contributed by atoms with E-state index in [0.29, 0.717) is 19.7 Å². The summed E-state index contributed by atoms with van der Waals surface area (Å²) < 4.78 is 5.90. The van der Waals surface area contributed by atoms with Crippen molar-refractivity contribution in [1.29, 1.82) is 0 Å². The van der Waals surface area contributed by atoms with Crippen molar-refractivity contribution in [3.05, 3.63) is 59.2 Å². The Morgan fingerprint density at radius 3 is 2.39 bits per heavy atom. The maximum Gasteiger partial charge on any atom is 0.224 e. The zero-order chi connectivity index (χ0) is 20.5. The van der Waals surface area contributed by atoms with Crippen LogP contribution in [0.4, 0.5) is 5.69 Å². The third kappa shape index (κ3) is 3.88. The van der Waals surface area contributed by atoms with Crippen LogP contribution in [0.2, 0.25) is 0 Å². The second kappa shape index (κ2) is 7.66. The molecule has 3 rings (SSSR count). The molecule has 1 heterocycles. The smallest absolute Gasteiger partial charge is 0.224 e. The van der Waals surface area contributed by atoms with Gasteiger partial charge in [0.15, 0.2) is 0 Å². The Bertz CT molecular complexity index is 887. The molecule has 0 saturated carbocycles. The van der Waals surface area contributed by atoms with Gasteiger partial charge in [-0.25, -0.2) is 0 Å². The maximum atomic E-state index is 12.3. The van der Waals surface area contributed by atoms with E-state index in [1.807, 2.05) is 62.1 Å². The fraction of sp³-hybridized carbons (Fsp3) is 0.391. The van der Waals surface area contributed by atoms with E-state index in [9.17, 15) is 9.59 Å². The molecule has 0 spiro atoms. The topological polar surface area (TPSA) is 49.9 Å². The summed E-state index contributed by atoms with van der Waals surface area (Å²) in [6, 6.07) is 13.9. The number of aryl methyl sites for hydroxylation is 1. The van der Waals surface area contributed by atoms with Crippen LogP contribution in [0.5, 0.6) is 5.75 Å². The molecule has 1 aliphatic heterocycles. The SMILES string of the molecule is CC(=O)N(Cc1ccc2c(c1)C(C)(C)N(C(C)=O)CCO2)c1ccc(C)cc1. The summed E-state index contributed by atoms with van der Waals surface area (Å²) in [5.74, 6) is 0.804. The highest BCUT2D eigenvalue weighted by atomic mass is 16.5. The van der Waals surface area contributed by atoms with Crippen molar-refractivity contribution in [3.63, 3.8) is 0 Å². The molecule has 5 heteroatoms. The first kappa shape index (κ1) is 19.9. The molecule has 1 aliphatic rings.